The minimum Gasteiger partial charge on any atom is -0.345 e. The zero-order chi connectivity index (χ0) is 13.1. The van der Waals surface area contributed by atoms with Gasteiger partial charge in [-0.25, -0.2) is 0 Å². The Labute approximate surface area is 107 Å². The highest BCUT2D eigenvalue weighted by atomic mass is 16.2. The van der Waals surface area contributed by atoms with Crippen molar-refractivity contribution < 1.29 is 4.79 Å². The Balaban J connectivity index is 2.58. The summed E-state index contributed by atoms with van der Waals surface area (Å²) in [6, 6.07) is 11.9. The standard InChI is InChI=1S/C15H16N2O/c1-11-9-13(12-7-5-4-6-8-12)14(10-16-11)15(18)17(2)3/h4-10H,1-3H3. The van der Waals surface area contributed by atoms with E-state index in [9.17, 15) is 4.79 Å². The molecule has 0 saturated heterocycles. The molecule has 1 amide bonds. The van der Waals surface area contributed by atoms with Crippen LogP contribution in [0.5, 0.6) is 0 Å². The van der Waals surface area contributed by atoms with Crippen molar-refractivity contribution in [2.45, 2.75) is 6.92 Å². The Kier molecular flexibility index (Phi) is 3.42. The average molecular weight is 240 g/mol. The van der Waals surface area contributed by atoms with Crippen LogP contribution in [0.3, 0.4) is 0 Å². The molecule has 0 unspecified atom stereocenters. The van der Waals surface area contributed by atoms with Crippen LogP contribution in [-0.2, 0) is 0 Å². The summed E-state index contributed by atoms with van der Waals surface area (Å²) in [5.41, 5.74) is 3.51. The molecule has 1 heterocycles. The van der Waals surface area contributed by atoms with Gasteiger partial charge >= 0.3 is 0 Å². The summed E-state index contributed by atoms with van der Waals surface area (Å²) in [4.78, 5) is 17.9. The molecule has 0 aliphatic carbocycles. The maximum atomic E-state index is 12.1. The number of benzene rings is 1. The van der Waals surface area contributed by atoms with Gasteiger partial charge in [-0.15, -0.1) is 0 Å². The molecule has 92 valence electrons. The first kappa shape index (κ1) is 12.3. The van der Waals surface area contributed by atoms with E-state index in [1.165, 1.54) is 0 Å². The molecule has 2 aromatic rings. The molecule has 0 radical (unpaired) electrons. The Hall–Kier alpha value is -2.16. The summed E-state index contributed by atoms with van der Waals surface area (Å²) < 4.78 is 0. The molecule has 1 aromatic heterocycles. The highest BCUT2D eigenvalue weighted by molar-refractivity contribution is 6.00. The molecule has 3 heteroatoms. The van der Waals surface area contributed by atoms with Gasteiger partial charge in [-0.05, 0) is 24.1 Å². The van der Waals surface area contributed by atoms with E-state index in [0.717, 1.165) is 16.8 Å². The second-order valence-corrected chi connectivity index (χ2v) is 4.44. The van der Waals surface area contributed by atoms with Crippen molar-refractivity contribution in [3.05, 3.63) is 53.9 Å². The summed E-state index contributed by atoms with van der Waals surface area (Å²) in [6.45, 7) is 1.93. The Bertz CT molecular complexity index is 562. The fourth-order valence-corrected chi connectivity index (χ4v) is 1.83. The SMILES string of the molecule is Cc1cc(-c2ccccc2)c(C(=O)N(C)C)cn1. The second-order valence-electron chi connectivity index (χ2n) is 4.44. The van der Waals surface area contributed by atoms with Gasteiger partial charge in [0.2, 0.25) is 0 Å². The fourth-order valence-electron chi connectivity index (χ4n) is 1.83. The van der Waals surface area contributed by atoms with E-state index in [0.29, 0.717) is 5.56 Å². The highest BCUT2D eigenvalue weighted by Gasteiger charge is 2.15. The van der Waals surface area contributed by atoms with Crippen molar-refractivity contribution in [3.63, 3.8) is 0 Å². The number of aryl methyl sites for hydroxylation is 1. The summed E-state index contributed by atoms with van der Waals surface area (Å²) in [7, 11) is 3.49. The first-order valence-corrected chi connectivity index (χ1v) is 5.83. The quantitative estimate of drug-likeness (QED) is 0.808. The number of pyridine rings is 1. The van der Waals surface area contributed by atoms with Crippen molar-refractivity contribution in [3.8, 4) is 11.1 Å². The number of nitrogens with zero attached hydrogens (tertiary/aromatic N) is 2. The number of carbonyl (C=O) groups is 1. The van der Waals surface area contributed by atoms with Crippen molar-refractivity contribution in [2.24, 2.45) is 0 Å². The van der Waals surface area contributed by atoms with E-state index in [-0.39, 0.29) is 5.91 Å². The van der Waals surface area contributed by atoms with Crippen LogP contribution in [0.4, 0.5) is 0 Å². The summed E-state index contributed by atoms with van der Waals surface area (Å²) in [5, 5.41) is 0. The van der Waals surface area contributed by atoms with Crippen LogP contribution in [0.25, 0.3) is 11.1 Å². The van der Waals surface area contributed by atoms with Crippen LogP contribution >= 0.6 is 0 Å². The third kappa shape index (κ3) is 2.40. The van der Waals surface area contributed by atoms with Gasteiger partial charge in [-0.3, -0.25) is 9.78 Å². The average Bonchev–Trinajstić information content (AvgIpc) is 2.39. The lowest BCUT2D eigenvalue weighted by Crippen LogP contribution is -2.22. The van der Waals surface area contributed by atoms with E-state index in [1.807, 2.05) is 43.3 Å². The molecule has 0 bridgehead atoms. The van der Waals surface area contributed by atoms with Crippen molar-refractivity contribution in [1.29, 1.82) is 0 Å². The van der Waals surface area contributed by atoms with Crippen LogP contribution in [0.1, 0.15) is 16.1 Å². The Morgan fingerprint density at radius 2 is 1.83 bits per heavy atom. The third-order valence-electron chi connectivity index (χ3n) is 2.76. The zero-order valence-corrected chi connectivity index (χ0v) is 10.8. The molecule has 0 fully saturated rings. The van der Waals surface area contributed by atoms with Gasteiger partial charge in [0.05, 0.1) is 5.56 Å². The van der Waals surface area contributed by atoms with Gasteiger partial charge in [0.15, 0.2) is 0 Å². The number of carbonyl (C=O) groups excluding carboxylic acids is 1. The monoisotopic (exact) mass is 240 g/mol. The Morgan fingerprint density at radius 3 is 2.44 bits per heavy atom. The normalized spacial score (nSPS) is 10.2. The largest absolute Gasteiger partial charge is 0.345 e. The van der Waals surface area contributed by atoms with Crippen molar-refractivity contribution in [2.75, 3.05) is 14.1 Å². The maximum absolute atomic E-state index is 12.1. The molecule has 0 saturated carbocycles. The molecule has 2 rings (SSSR count). The van der Waals surface area contributed by atoms with Crippen LogP contribution in [0.2, 0.25) is 0 Å². The van der Waals surface area contributed by atoms with Crippen molar-refractivity contribution in [1.82, 2.24) is 9.88 Å². The molecular weight excluding hydrogens is 224 g/mol. The summed E-state index contributed by atoms with van der Waals surface area (Å²) in [6.07, 6.45) is 1.65. The molecule has 18 heavy (non-hydrogen) atoms. The fraction of sp³-hybridized carbons (Fsp3) is 0.200. The first-order chi connectivity index (χ1) is 8.59. The summed E-state index contributed by atoms with van der Waals surface area (Å²) >= 11 is 0. The predicted molar refractivity (Wildman–Crippen MR) is 72.4 cm³/mol. The second kappa shape index (κ2) is 5.00. The van der Waals surface area contributed by atoms with Crippen LogP contribution in [-0.4, -0.2) is 29.9 Å². The van der Waals surface area contributed by atoms with Crippen LogP contribution in [0.15, 0.2) is 42.6 Å². The smallest absolute Gasteiger partial charge is 0.255 e. The molecule has 3 nitrogen and oxygen atoms in total. The van der Waals surface area contributed by atoms with E-state index < -0.39 is 0 Å². The number of aromatic nitrogens is 1. The molecule has 0 spiro atoms. The zero-order valence-electron chi connectivity index (χ0n) is 10.8. The van der Waals surface area contributed by atoms with Gasteiger partial charge in [-0.1, -0.05) is 30.3 Å². The number of hydrogen-bond acceptors (Lipinski definition) is 2. The predicted octanol–water partition coefficient (Wildman–Crippen LogP) is 2.76. The molecule has 0 aliphatic rings. The minimum absolute atomic E-state index is 0.0265. The van der Waals surface area contributed by atoms with Gasteiger partial charge in [0.1, 0.15) is 0 Å². The lowest BCUT2D eigenvalue weighted by atomic mass is 10.00. The van der Waals surface area contributed by atoms with E-state index in [4.69, 9.17) is 0 Å². The number of amides is 1. The lowest BCUT2D eigenvalue weighted by molar-refractivity contribution is 0.0828. The lowest BCUT2D eigenvalue weighted by Gasteiger charge is -2.14. The summed E-state index contributed by atoms with van der Waals surface area (Å²) in [5.74, 6) is -0.0265. The molecule has 0 atom stereocenters. The molecule has 0 N–H and O–H groups in total. The van der Waals surface area contributed by atoms with Gasteiger partial charge in [0, 0.05) is 26.0 Å². The molecular formula is C15H16N2O. The van der Waals surface area contributed by atoms with E-state index in [2.05, 4.69) is 4.98 Å². The van der Waals surface area contributed by atoms with Crippen LogP contribution < -0.4 is 0 Å². The maximum Gasteiger partial charge on any atom is 0.255 e. The number of hydrogen-bond donors (Lipinski definition) is 0. The number of rotatable bonds is 2. The molecule has 0 aliphatic heterocycles. The third-order valence-corrected chi connectivity index (χ3v) is 2.76. The van der Waals surface area contributed by atoms with E-state index in [1.54, 1.807) is 25.2 Å². The van der Waals surface area contributed by atoms with Crippen molar-refractivity contribution >= 4 is 5.91 Å². The van der Waals surface area contributed by atoms with E-state index >= 15 is 0 Å². The highest BCUT2D eigenvalue weighted by Crippen LogP contribution is 2.24. The minimum atomic E-state index is -0.0265. The van der Waals surface area contributed by atoms with Gasteiger partial charge < -0.3 is 4.90 Å². The molecule has 1 aromatic carbocycles. The first-order valence-electron chi connectivity index (χ1n) is 5.83. The van der Waals surface area contributed by atoms with Gasteiger partial charge in [0.25, 0.3) is 5.91 Å². The van der Waals surface area contributed by atoms with Crippen LogP contribution in [0, 0.1) is 6.92 Å². The Morgan fingerprint density at radius 1 is 1.17 bits per heavy atom. The van der Waals surface area contributed by atoms with Gasteiger partial charge in [-0.2, -0.15) is 0 Å². The topological polar surface area (TPSA) is 33.2 Å².